The van der Waals surface area contributed by atoms with Crippen LogP contribution in [-0.2, 0) is 4.79 Å². The lowest BCUT2D eigenvalue weighted by atomic mass is 10.1. The number of anilines is 2. The maximum absolute atomic E-state index is 12.3. The summed E-state index contributed by atoms with van der Waals surface area (Å²) in [6, 6.07) is 18.4. The van der Waals surface area contributed by atoms with Crippen molar-refractivity contribution >= 4 is 29.0 Å². The van der Waals surface area contributed by atoms with E-state index in [9.17, 15) is 14.9 Å². The highest BCUT2D eigenvalue weighted by Crippen LogP contribution is 2.22. The molecule has 29 heavy (non-hydrogen) atoms. The van der Waals surface area contributed by atoms with E-state index in [2.05, 4.69) is 15.3 Å². The van der Waals surface area contributed by atoms with Gasteiger partial charge in [0.2, 0.25) is 5.91 Å². The number of amides is 1. The van der Waals surface area contributed by atoms with Crippen LogP contribution in [0, 0.1) is 11.3 Å². The first-order valence-corrected chi connectivity index (χ1v) is 9.76. The molecule has 0 unspecified atom stereocenters. The molecule has 146 valence electrons. The monoisotopic (exact) mass is 405 g/mol. The van der Waals surface area contributed by atoms with E-state index in [1.165, 1.54) is 0 Å². The number of nitrogens with zero attached hydrogens (tertiary/aromatic N) is 3. The maximum Gasteiger partial charge on any atom is 0.270 e. The molecule has 2 aromatic carbocycles. The van der Waals surface area contributed by atoms with Crippen molar-refractivity contribution in [3.63, 3.8) is 0 Å². The molecule has 0 saturated carbocycles. The number of rotatable bonds is 6. The zero-order chi connectivity index (χ0) is 20.8. The average molecular weight is 405 g/mol. The van der Waals surface area contributed by atoms with Crippen LogP contribution in [-0.4, -0.2) is 35.7 Å². The van der Waals surface area contributed by atoms with E-state index in [0.29, 0.717) is 16.9 Å². The van der Waals surface area contributed by atoms with Gasteiger partial charge in [0.15, 0.2) is 5.16 Å². The minimum Gasteiger partial charge on any atom is -0.378 e. The molecule has 1 amide bonds. The molecule has 1 heterocycles. The summed E-state index contributed by atoms with van der Waals surface area (Å²) in [6.07, 6.45) is 0. The van der Waals surface area contributed by atoms with Crippen LogP contribution in [0.25, 0.3) is 11.3 Å². The fourth-order valence-corrected chi connectivity index (χ4v) is 3.26. The van der Waals surface area contributed by atoms with Crippen molar-refractivity contribution < 1.29 is 4.79 Å². The van der Waals surface area contributed by atoms with Gasteiger partial charge in [-0.05, 0) is 24.3 Å². The Kier molecular flexibility index (Phi) is 6.32. The van der Waals surface area contributed by atoms with E-state index in [-0.39, 0.29) is 22.4 Å². The minimum absolute atomic E-state index is 0.0500. The van der Waals surface area contributed by atoms with Gasteiger partial charge in [-0.3, -0.25) is 9.59 Å². The Morgan fingerprint density at radius 2 is 1.86 bits per heavy atom. The molecule has 0 atom stereocenters. The number of benzene rings is 2. The minimum atomic E-state index is -0.525. The zero-order valence-corrected chi connectivity index (χ0v) is 16.8. The van der Waals surface area contributed by atoms with E-state index < -0.39 is 5.56 Å². The first-order valence-electron chi connectivity index (χ1n) is 8.78. The number of nitrogens with one attached hydrogen (secondary N) is 2. The number of carbonyl (C=O) groups excluding carboxylic acids is 1. The highest BCUT2D eigenvalue weighted by atomic mass is 32.2. The summed E-state index contributed by atoms with van der Waals surface area (Å²) in [5.74, 6) is -0.153. The number of hydrogen-bond acceptors (Lipinski definition) is 6. The maximum atomic E-state index is 12.3. The number of carbonyl (C=O) groups is 1. The molecule has 0 aliphatic carbocycles. The SMILES string of the molecule is CN(C)c1ccc(NC(=O)CSc2nc(-c3ccccc3)c(C#N)c(=O)[nH]2)cc1. The first-order chi connectivity index (χ1) is 14.0. The summed E-state index contributed by atoms with van der Waals surface area (Å²) < 4.78 is 0. The smallest absolute Gasteiger partial charge is 0.270 e. The number of H-pyrrole nitrogens is 1. The second-order valence-electron chi connectivity index (χ2n) is 6.35. The van der Waals surface area contributed by atoms with Gasteiger partial charge in [0.05, 0.1) is 11.4 Å². The van der Waals surface area contributed by atoms with E-state index in [0.717, 1.165) is 17.4 Å². The van der Waals surface area contributed by atoms with Crippen LogP contribution in [0.15, 0.2) is 64.5 Å². The van der Waals surface area contributed by atoms with Crippen LogP contribution in [0.3, 0.4) is 0 Å². The number of aromatic amines is 1. The standard InChI is InChI=1S/C21H19N5O2S/c1-26(2)16-10-8-15(9-11-16)23-18(27)13-29-21-24-19(14-6-4-3-5-7-14)17(12-22)20(28)25-21/h3-11H,13H2,1-2H3,(H,23,27)(H,24,25,28). The molecule has 0 fully saturated rings. The van der Waals surface area contributed by atoms with Crippen LogP contribution in [0.1, 0.15) is 5.56 Å². The predicted octanol–water partition coefficient (Wildman–Crippen LogP) is 3.11. The molecule has 3 rings (SSSR count). The van der Waals surface area contributed by atoms with E-state index in [1.807, 2.05) is 55.4 Å². The van der Waals surface area contributed by atoms with Crippen LogP contribution in [0.4, 0.5) is 11.4 Å². The number of hydrogen-bond donors (Lipinski definition) is 2. The fourth-order valence-electron chi connectivity index (χ4n) is 2.60. The summed E-state index contributed by atoms with van der Waals surface area (Å²) >= 11 is 1.10. The highest BCUT2D eigenvalue weighted by Gasteiger charge is 2.14. The summed E-state index contributed by atoms with van der Waals surface area (Å²) in [5, 5.41) is 12.4. The molecule has 8 heteroatoms. The number of aromatic nitrogens is 2. The van der Waals surface area contributed by atoms with E-state index in [1.54, 1.807) is 24.3 Å². The number of thioether (sulfide) groups is 1. The van der Waals surface area contributed by atoms with Crippen LogP contribution >= 0.6 is 11.8 Å². The molecule has 2 N–H and O–H groups in total. The van der Waals surface area contributed by atoms with Crippen molar-refractivity contribution in [1.82, 2.24) is 9.97 Å². The molecule has 0 aliphatic heterocycles. The largest absolute Gasteiger partial charge is 0.378 e. The third-order valence-electron chi connectivity index (χ3n) is 4.06. The molecule has 0 bridgehead atoms. The van der Waals surface area contributed by atoms with Gasteiger partial charge in [-0.1, -0.05) is 42.1 Å². The summed E-state index contributed by atoms with van der Waals surface area (Å²) in [6.45, 7) is 0. The first kappa shape index (κ1) is 20.2. The number of nitriles is 1. The Bertz CT molecular complexity index is 1100. The van der Waals surface area contributed by atoms with Gasteiger partial charge in [-0.25, -0.2) is 4.98 Å². The van der Waals surface area contributed by atoms with Crippen molar-refractivity contribution in [1.29, 1.82) is 5.26 Å². The van der Waals surface area contributed by atoms with Gasteiger partial charge < -0.3 is 15.2 Å². The molecular weight excluding hydrogens is 386 g/mol. The molecule has 0 aliphatic rings. The summed E-state index contributed by atoms with van der Waals surface area (Å²) in [7, 11) is 3.89. The van der Waals surface area contributed by atoms with Crippen molar-refractivity contribution in [2.75, 3.05) is 30.1 Å². The predicted molar refractivity (Wildman–Crippen MR) is 115 cm³/mol. The molecular formula is C21H19N5O2S. The molecule has 0 spiro atoms. The Labute approximate surface area is 172 Å². The summed E-state index contributed by atoms with van der Waals surface area (Å²) in [5.41, 5.74) is 2.12. The molecule has 7 nitrogen and oxygen atoms in total. The highest BCUT2D eigenvalue weighted by molar-refractivity contribution is 7.99. The lowest BCUT2D eigenvalue weighted by Crippen LogP contribution is -2.17. The van der Waals surface area contributed by atoms with Crippen LogP contribution in [0.2, 0.25) is 0 Å². The second-order valence-corrected chi connectivity index (χ2v) is 7.31. The van der Waals surface area contributed by atoms with Crippen LogP contribution < -0.4 is 15.8 Å². The van der Waals surface area contributed by atoms with Crippen molar-refractivity contribution in [3.8, 4) is 17.3 Å². The summed E-state index contributed by atoms with van der Waals surface area (Å²) in [4.78, 5) is 33.4. The topological polar surface area (TPSA) is 102 Å². The Balaban J connectivity index is 1.72. The Hall–Kier alpha value is -3.57. The normalized spacial score (nSPS) is 10.2. The van der Waals surface area contributed by atoms with E-state index >= 15 is 0 Å². The zero-order valence-electron chi connectivity index (χ0n) is 16.0. The van der Waals surface area contributed by atoms with Gasteiger partial charge >= 0.3 is 0 Å². The third-order valence-corrected chi connectivity index (χ3v) is 4.94. The van der Waals surface area contributed by atoms with E-state index in [4.69, 9.17) is 0 Å². The molecule has 0 saturated heterocycles. The molecule has 0 radical (unpaired) electrons. The Morgan fingerprint density at radius 1 is 1.17 bits per heavy atom. The van der Waals surface area contributed by atoms with Crippen molar-refractivity contribution in [2.45, 2.75) is 5.16 Å². The second kappa shape index (κ2) is 9.08. The van der Waals surface area contributed by atoms with Gasteiger partial charge in [0.1, 0.15) is 11.6 Å². The van der Waals surface area contributed by atoms with Crippen LogP contribution in [0.5, 0.6) is 0 Å². The van der Waals surface area contributed by atoms with Gasteiger partial charge in [0, 0.05) is 31.0 Å². The van der Waals surface area contributed by atoms with Gasteiger partial charge in [-0.15, -0.1) is 0 Å². The average Bonchev–Trinajstić information content (AvgIpc) is 2.73. The quantitative estimate of drug-likeness (QED) is 0.483. The van der Waals surface area contributed by atoms with Gasteiger partial charge in [-0.2, -0.15) is 5.26 Å². The lowest BCUT2D eigenvalue weighted by Gasteiger charge is -2.13. The van der Waals surface area contributed by atoms with Gasteiger partial charge in [0.25, 0.3) is 5.56 Å². The third kappa shape index (κ3) is 5.03. The fraction of sp³-hybridized carbons (Fsp3) is 0.143. The molecule has 3 aromatic rings. The molecule has 1 aromatic heterocycles. The van der Waals surface area contributed by atoms with Crippen molar-refractivity contribution in [2.24, 2.45) is 0 Å². The van der Waals surface area contributed by atoms with Crippen molar-refractivity contribution in [3.05, 3.63) is 70.5 Å². The lowest BCUT2D eigenvalue weighted by molar-refractivity contribution is -0.113. The Morgan fingerprint density at radius 3 is 2.48 bits per heavy atom.